The molecule has 4 nitrogen and oxygen atoms in total. The minimum absolute atomic E-state index is 0.778. The highest BCUT2D eigenvalue weighted by molar-refractivity contribution is 5.83. The Balaban J connectivity index is 1.94. The van der Waals surface area contributed by atoms with Crippen LogP contribution in [-0.4, -0.2) is 31.3 Å². The van der Waals surface area contributed by atoms with E-state index in [9.17, 15) is 0 Å². The van der Waals surface area contributed by atoms with Gasteiger partial charge < -0.3 is 15.4 Å². The van der Waals surface area contributed by atoms with Crippen molar-refractivity contribution in [3.8, 4) is 0 Å². The summed E-state index contributed by atoms with van der Waals surface area (Å²) in [4.78, 5) is 6.98. The molecule has 0 spiro atoms. The molecule has 0 aliphatic carbocycles. The van der Waals surface area contributed by atoms with E-state index in [4.69, 9.17) is 15.5 Å². The monoisotopic (exact) mass is 243 g/mol. The second-order valence-electron chi connectivity index (χ2n) is 4.57. The fourth-order valence-electron chi connectivity index (χ4n) is 2.28. The summed E-state index contributed by atoms with van der Waals surface area (Å²) in [5.41, 5.74) is 7.54. The number of nitrogens with two attached hydrogens (primary N) is 1. The van der Waals surface area contributed by atoms with Crippen LogP contribution in [0.4, 0.5) is 11.5 Å². The Bertz CT molecular complexity index is 548. The van der Waals surface area contributed by atoms with Gasteiger partial charge in [-0.25, -0.2) is 4.98 Å². The van der Waals surface area contributed by atoms with Crippen LogP contribution in [0.25, 0.3) is 10.9 Å². The van der Waals surface area contributed by atoms with Gasteiger partial charge in [-0.2, -0.15) is 0 Å². The summed E-state index contributed by atoms with van der Waals surface area (Å²) < 4.78 is 5.46. The van der Waals surface area contributed by atoms with E-state index in [0.29, 0.717) is 0 Å². The van der Waals surface area contributed by atoms with Gasteiger partial charge in [0.05, 0.1) is 12.1 Å². The largest absolute Gasteiger partial charge is 0.399 e. The summed E-state index contributed by atoms with van der Waals surface area (Å²) in [7, 11) is 0. The van der Waals surface area contributed by atoms with E-state index in [1.54, 1.807) is 0 Å². The maximum absolute atomic E-state index is 5.77. The van der Waals surface area contributed by atoms with Crippen molar-refractivity contribution in [2.24, 2.45) is 0 Å². The molecule has 1 aromatic heterocycles. The summed E-state index contributed by atoms with van der Waals surface area (Å²) in [6.45, 7) is 3.54. The Morgan fingerprint density at radius 2 is 2.06 bits per heavy atom. The first-order valence-electron chi connectivity index (χ1n) is 6.32. The molecular formula is C14H17N3O. The van der Waals surface area contributed by atoms with Gasteiger partial charge in [0.1, 0.15) is 5.82 Å². The second-order valence-corrected chi connectivity index (χ2v) is 4.57. The van der Waals surface area contributed by atoms with E-state index in [1.807, 2.05) is 18.2 Å². The Kier molecular flexibility index (Phi) is 3.02. The number of nitrogens with zero attached hydrogens (tertiary/aromatic N) is 2. The number of anilines is 2. The normalized spacial score (nSPS) is 16.8. The molecule has 1 fully saturated rings. The van der Waals surface area contributed by atoms with Gasteiger partial charge in [-0.15, -0.1) is 0 Å². The standard InChI is InChI=1S/C14H17N3O/c15-12-3-4-13-11(10-12)2-5-14(16-13)17-6-1-8-18-9-7-17/h2-5,10H,1,6-9,15H2. The first-order valence-corrected chi connectivity index (χ1v) is 6.32. The molecule has 2 aromatic rings. The predicted molar refractivity (Wildman–Crippen MR) is 73.8 cm³/mol. The number of aromatic nitrogens is 1. The highest BCUT2D eigenvalue weighted by Gasteiger charge is 2.11. The van der Waals surface area contributed by atoms with Gasteiger partial charge in [-0.05, 0) is 36.8 Å². The molecule has 4 heteroatoms. The van der Waals surface area contributed by atoms with Gasteiger partial charge in [-0.1, -0.05) is 0 Å². The summed E-state index contributed by atoms with van der Waals surface area (Å²) in [5, 5.41) is 1.09. The predicted octanol–water partition coefficient (Wildman–Crippen LogP) is 2.04. The van der Waals surface area contributed by atoms with Crippen LogP contribution in [0.3, 0.4) is 0 Å². The first kappa shape index (κ1) is 11.3. The molecule has 18 heavy (non-hydrogen) atoms. The van der Waals surface area contributed by atoms with E-state index in [1.165, 1.54) is 0 Å². The molecule has 1 aromatic carbocycles. The van der Waals surface area contributed by atoms with Crippen LogP contribution in [0.1, 0.15) is 6.42 Å². The molecule has 2 N–H and O–H groups in total. The lowest BCUT2D eigenvalue weighted by Crippen LogP contribution is -2.26. The van der Waals surface area contributed by atoms with Crippen LogP contribution >= 0.6 is 0 Å². The zero-order valence-electron chi connectivity index (χ0n) is 10.3. The van der Waals surface area contributed by atoms with E-state index < -0.39 is 0 Å². The third kappa shape index (κ3) is 2.24. The molecule has 3 rings (SSSR count). The smallest absolute Gasteiger partial charge is 0.129 e. The summed E-state index contributed by atoms with van der Waals surface area (Å²) in [6, 6.07) is 9.97. The minimum Gasteiger partial charge on any atom is -0.399 e. The highest BCUT2D eigenvalue weighted by atomic mass is 16.5. The molecule has 0 unspecified atom stereocenters. The lowest BCUT2D eigenvalue weighted by atomic mass is 10.2. The van der Waals surface area contributed by atoms with Crippen LogP contribution in [0.15, 0.2) is 30.3 Å². The zero-order chi connectivity index (χ0) is 12.4. The van der Waals surface area contributed by atoms with Crippen LogP contribution in [0, 0.1) is 0 Å². The molecule has 0 amide bonds. The van der Waals surface area contributed by atoms with Crippen molar-refractivity contribution in [1.29, 1.82) is 0 Å². The van der Waals surface area contributed by atoms with Crippen LogP contribution in [0.5, 0.6) is 0 Å². The average Bonchev–Trinajstić information content (AvgIpc) is 2.67. The van der Waals surface area contributed by atoms with E-state index in [-0.39, 0.29) is 0 Å². The SMILES string of the molecule is Nc1ccc2nc(N3CCCOCC3)ccc2c1. The van der Waals surface area contributed by atoms with Crippen molar-refractivity contribution in [2.45, 2.75) is 6.42 Å². The third-order valence-corrected chi connectivity index (χ3v) is 3.24. The molecule has 0 radical (unpaired) electrons. The summed E-state index contributed by atoms with van der Waals surface area (Å²) in [5.74, 6) is 1.03. The maximum Gasteiger partial charge on any atom is 0.129 e. The van der Waals surface area contributed by atoms with Gasteiger partial charge in [0.25, 0.3) is 0 Å². The van der Waals surface area contributed by atoms with Crippen molar-refractivity contribution >= 4 is 22.4 Å². The second kappa shape index (κ2) is 4.82. The molecule has 1 aliphatic heterocycles. The van der Waals surface area contributed by atoms with E-state index >= 15 is 0 Å². The van der Waals surface area contributed by atoms with Crippen molar-refractivity contribution in [2.75, 3.05) is 36.9 Å². The molecule has 0 saturated carbocycles. The van der Waals surface area contributed by atoms with Crippen molar-refractivity contribution < 1.29 is 4.74 Å². The van der Waals surface area contributed by atoms with Gasteiger partial charge >= 0.3 is 0 Å². The fourth-order valence-corrected chi connectivity index (χ4v) is 2.28. The number of hydrogen-bond donors (Lipinski definition) is 1. The molecule has 2 heterocycles. The zero-order valence-corrected chi connectivity index (χ0v) is 10.3. The van der Waals surface area contributed by atoms with Gasteiger partial charge in [0.2, 0.25) is 0 Å². The maximum atomic E-state index is 5.77. The van der Waals surface area contributed by atoms with E-state index in [0.717, 1.165) is 55.1 Å². The summed E-state index contributed by atoms with van der Waals surface area (Å²) in [6.07, 6.45) is 1.06. The van der Waals surface area contributed by atoms with Gasteiger partial charge in [0.15, 0.2) is 0 Å². The molecule has 1 aliphatic rings. The number of fused-ring (bicyclic) bond motifs is 1. The number of ether oxygens (including phenoxy) is 1. The Morgan fingerprint density at radius 3 is 3.00 bits per heavy atom. The minimum atomic E-state index is 0.778. The van der Waals surface area contributed by atoms with Crippen LogP contribution in [0.2, 0.25) is 0 Å². The molecule has 1 saturated heterocycles. The number of pyridine rings is 1. The lowest BCUT2D eigenvalue weighted by Gasteiger charge is -2.20. The molecular weight excluding hydrogens is 226 g/mol. The van der Waals surface area contributed by atoms with E-state index in [2.05, 4.69) is 17.0 Å². The Labute approximate surface area is 106 Å². The van der Waals surface area contributed by atoms with Crippen LogP contribution in [-0.2, 0) is 4.74 Å². The Hall–Kier alpha value is -1.81. The first-order chi connectivity index (χ1) is 8.83. The number of nitrogen functional groups attached to an aromatic ring is 1. The average molecular weight is 243 g/mol. The molecule has 94 valence electrons. The van der Waals surface area contributed by atoms with Gasteiger partial charge in [-0.3, -0.25) is 0 Å². The third-order valence-electron chi connectivity index (χ3n) is 3.24. The van der Waals surface area contributed by atoms with Gasteiger partial charge in [0, 0.05) is 30.8 Å². The summed E-state index contributed by atoms with van der Waals surface area (Å²) >= 11 is 0. The van der Waals surface area contributed by atoms with Crippen molar-refractivity contribution in [3.63, 3.8) is 0 Å². The number of hydrogen-bond acceptors (Lipinski definition) is 4. The quantitative estimate of drug-likeness (QED) is 0.779. The van der Waals surface area contributed by atoms with Crippen molar-refractivity contribution in [1.82, 2.24) is 4.98 Å². The molecule has 0 bridgehead atoms. The molecule has 0 atom stereocenters. The Morgan fingerprint density at radius 1 is 1.11 bits per heavy atom. The lowest BCUT2D eigenvalue weighted by molar-refractivity contribution is 0.152. The fraction of sp³-hybridized carbons (Fsp3) is 0.357. The topological polar surface area (TPSA) is 51.4 Å². The van der Waals surface area contributed by atoms with Crippen LogP contribution < -0.4 is 10.6 Å². The highest BCUT2D eigenvalue weighted by Crippen LogP contribution is 2.20. The van der Waals surface area contributed by atoms with Crippen molar-refractivity contribution in [3.05, 3.63) is 30.3 Å². The number of rotatable bonds is 1. The number of benzene rings is 1.